The standard InChI is InChI=1S/C3H3NS.H4N2O2S/c1-2-5-3-4-1;1-5(2,3)4/h1-3H;(H4,1,2,3,4). The first-order chi connectivity index (χ1) is 4.50. The molecule has 0 amide bonds. The third-order valence-corrected chi connectivity index (χ3v) is 0.869. The van der Waals surface area contributed by atoms with Gasteiger partial charge in [0, 0.05) is 11.6 Å². The van der Waals surface area contributed by atoms with Crippen molar-refractivity contribution in [1.29, 1.82) is 0 Å². The van der Waals surface area contributed by atoms with E-state index in [4.69, 9.17) is 0 Å². The van der Waals surface area contributed by atoms with Crippen molar-refractivity contribution in [2.45, 2.75) is 0 Å². The van der Waals surface area contributed by atoms with Crippen molar-refractivity contribution in [1.82, 2.24) is 4.98 Å². The zero-order valence-electron chi connectivity index (χ0n) is 4.97. The Labute approximate surface area is 62.9 Å². The number of hydrogen-bond donors (Lipinski definition) is 2. The van der Waals surface area contributed by atoms with E-state index in [9.17, 15) is 8.42 Å². The lowest BCUT2D eigenvalue weighted by Crippen LogP contribution is -2.21. The van der Waals surface area contributed by atoms with Crippen LogP contribution in [0.5, 0.6) is 0 Å². The minimum Gasteiger partial charge on any atom is -0.253 e. The number of aromatic nitrogens is 1. The molecular weight excluding hydrogens is 174 g/mol. The maximum Gasteiger partial charge on any atom is 0.271 e. The van der Waals surface area contributed by atoms with Gasteiger partial charge in [-0.15, -0.1) is 11.3 Å². The molecule has 0 radical (unpaired) electrons. The Hall–Kier alpha value is -0.500. The molecule has 0 fully saturated rings. The predicted octanol–water partition coefficient (Wildman–Crippen LogP) is -0.708. The second-order valence-electron chi connectivity index (χ2n) is 1.26. The number of nitrogens with two attached hydrogens (primary N) is 2. The molecule has 7 heteroatoms. The second kappa shape index (κ2) is 4.34. The van der Waals surface area contributed by atoms with Crippen LogP contribution in [0.4, 0.5) is 0 Å². The molecule has 0 saturated heterocycles. The Morgan fingerprint density at radius 2 is 1.90 bits per heavy atom. The van der Waals surface area contributed by atoms with Gasteiger partial charge in [-0.2, -0.15) is 8.42 Å². The summed E-state index contributed by atoms with van der Waals surface area (Å²) in [4.78, 5) is 3.74. The van der Waals surface area contributed by atoms with E-state index in [0.717, 1.165) is 0 Å². The van der Waals surface area contributed by atoms with E-state index in [1.165, 1.54) is 0 Å². The van der Waals surface area contributed by atoms with Gasteiger partial charge in [-0.25, -0.2) is 10.3 Å². The lowest BCUT2D eigenvalue weighted by Gasteiger charge is -1.72. The first-order valence-electron chi connectivity index (χ1n) is 2.13. The molecule has 0 aliphatic rings. The molecule has 4 N–H and O–H groups in total. The van der Waals surface area contributed by atoms with E-state index in [0.29, 0.717) is 0 Å². The third kappa shape index (κ3) is 15.6. The molecule has 1 aromatic rings. The zero-order chi connectivity index (χ0) is 8.04. The fraction of sp³-hybridized carbons (Fsp3) is 0. The topological polar surface area (TPSA) is 99.1 Å². The van der Waals surface area contributed by atoms with Crippen LogP contribution < -0.4 is 10.3 Å². The van der Waals surface area contributed by atoms with Gasteiger partial charge in [0.25, 0.3) is 10.2 Å². The Morgan fingerprint density at radius 1 is 1.40 bits per heavy atom. The highest BCUT2D eigenvalue weighted by Crippen LogP contribution is 1.85. The number of nitrogens with zero attached hydrogens (tertiary/aromatic N) is 1. The van der Waals surface area contributed by atoms with Crippen LogP contribution in [-0.4, -0.2) is 13.4 Å². The van der Waals surface area contributed by atoms with E-state index in [2.05, 4.69) is 15.3 Å². The summed E-state index contributed by atoms with van der Waals surface area (Å²) in [5.74, 6) is 0. The van der Waals surface area contributed by atoms with Crippen LogP contribution in [0.1, 0.15) is 0 Å². The zero-order valence-corrected chi connectivity index (χ0v) is 6.60. The minimum absolute atomic E-state index is 1.60. The Morgan fingerprint density at radius 3 is 2.00 bits per heavy atom. The van der Waals surface area contributed by atoms with Crippen molar-refractivity contribution in [2.75, 3.05) is 0 Å². The molecule has 0 unspecified atom stereocenters. The van der Waals surface area contributed by atoms with Crippen LogP contribution in [0.25, 0.3) is 0 Å². The molecular formula is C3H7N3O2S2. The minimum atomic E-state index is -3.67. The summed E-state index contributed by atoms with van der Waals surface area (Å²) < 4.78 is 18.4. The molecule has 1 heterocycles. The van der Waals surface area contributed by atoms with Gasteiger partial charge in [0.2, 0.25) is 0 Å². The molecule has 0 spiro atoms. The Balaban J connectivity index is 0.000000162. The van der Waals surface area contributed by atoms with Crippen LogP contribution in [0.2, 0.25) is 0 Å². The molecule has 58 valence electrons. The maximum atomic E-state index is 9.19. The normalized spacial score (nSPS) is 9.80. The van der Waals surface area contributed by atoms with Crippen LogP contribution in [0.15, 0.2) is 17.1 Å². The van der Waals surface area contributed by atoms with Crippen LogP contribution in [0, 0.1) is 0 Å². The summed E-state index contributed by atoms with van der Waals surface area (Å²) in [7, 11) is -3.67. The Kier molecular flexibility index (Phi) is 4.12. The van der Waals surface area contributed by atoms with E-state index in [-0.39, 0.29) is 0 Å². The molecule has 0 bridgehead atoms. The summed E-state index contributed by atoms with van der Waals surface area (Å²) >= 11 is 1.60. The fourth-order valence-electron chi connectivity index (χ4n) is 0.176. The van der Waals surface area contributed by atoms with Crippen LogP contribution >= 0.6 is 11.3 Å². The summed E-state index contributed by atoms with van der Waals surface area (Å²) in [6.45, 7) is 0. The number of thiazole rings is 1. The first kappa shape index (κ1) is 9.50. The van der Waals surface area contributed by atoms with Crippen molar-refractivity contribution in [2.24, 2.45) is 10.3 Å². The molecule has 1 aromatic heterocycles. The van der Waals surface area contributed by atoms with E-state index in [1.54, 1.807) is 23.0 Å². The number of hydrogen-bond acceptors (Lipinski definition) is 4. The monoisotopic (exact) mass is 181 g/mol. The average Bonchev–Trinajstić information content (AvgIpc) is 2.07. The molecule has 0 aromatic carbocycles. The quantitative estimate of drug-likeness (QED) is 0.553. The summed E-state index contributed by atoms with van der Waals surface area (Å²) in [5.41, 5.74) is 1.79. The SMILES string of the molecule is NS(N)(=O)=O.c1cscn1. The van der Waals surface area contributed by atoms with Gasteiger partial charge in [0.15, 0.2) is 0 Å². The van der Waals surface area contributed by atoms with Gasteiger partial charge in [-0.3, -0.25) is 4.98 Å². The van der Waals surface area contributed by atoms with Crippen molar-refractivity contribution in [3.05, 3.63) is 17.1 Å². The maximum absolute atomic E-state index is 9.19. The fourth-order valence-corrected chi connectivity index (χ4v) is 0.527. The third-order valence-electron chi connectivity index (χ3n) is 0.347. The van der Waals surface area contributed by atoms with Gasteiger partial charge >= 0.3 is 0 Å². The van der Waals surface area contributed by atoms with E-state index < -0.39 is 10.2 Å². The van der Waals surface area contributed by atoms with Crippen LogP contribution in [0.3, 0.4) is 0 Å². The van der Waals surface area contributed by atoms with Crippen LogP contribution in [-0.2, 0) is 10.2 Å². The average molecular weight is 181 g/mol. The van der Waals surface area contributed by atoms with Crippen molar-refractivity contribution in [3.8, 4) is 0 Å². The van der Waals surface area contributed by atoms with Crippen molar-refractivity contribution >= 4 is 21.5 Å². The van der Waals surface area contributed by atoms with Gasteiger partial charge in [0.1, 0.15) is 0 Å². The molecule has 10 heavy (non-hydrogen) atoms. The van der Waals surface area contributed by atoms with Gasteiger partial charge in [-0.1, -0.05) is 0 Å². The van der Waals surface area contributed by atoms with Crippen molar-refractivity contribution < 1.29 is 8.42 Å². The molecule has 0 saturated carbocycles. The highest BCUT2D eigenvalue weighted by Gasteiger charge is 1.78. The molecule has 0 aliphatic carbocycles. The molecule has 1 rings (SSSR count). The molecule has 0 atom stereocenters. The van der Waals surface area contributed by atoms with Gasteiger partial charge < -0.3 is 0 Å². The molecule has 5 nitrogen and oxygen atoms in total. The summed E-state index contributed by atoms with van der Waals surface area (Å²) in [6, 6.07) is 0. The van der Waals surface area contributed by atoms with Crippen molar-refractivity contribution in [3.63, 3.8) is 0 Å². The van der Waals surface area contributed by atoms with Gasteiger partial charge in [0.05, 0.1) is 5.51 Å². The highest BCUT2D eigenvalue weighted by atomic mass is 32.2. The summed E-state index contributed by atoms with van der Waals surface area (Å²) in [5, 5.41) is 10.1. The highest BCUT2D eigenvalue weighted by molar-refractivity contribution is 7.86. The summed E-state index contributed by atoms with van der Waals surface area (Å²) in [6.07, 6.45) is 1.77. The first-order valence-corrected chi connectivity index (χ1v) is 4.68. The smallest absolute Gasteiger partial charge is 0.253 e. The van der Waals surface area contributed by atoms with Gasteiger partial charge in [-0.05, 0) is 0 Å². The van der Waals surface area contributed by atoms with E-state index in [1.807, 2.05) is 5.38 Å². The lowest BCUT2D eigenvalue weighted by molar-refractivity contribution is 0.599. The van der Waals surface area contributed by atoms with E-state index >= 15 is 0 Å². The second-order valence-corrected chi connectivity index (χ2v) is 3.20. The predicted molar refractivity (Wildman–Crippen MR) is 39.4 cm³/mol. The lowest BCUT2D eigenvalue weighted by atomic mass is 11.0. The number of rotatable bonds is 0. The molecule has 0 aliphatic heterocycles. The largest absolute Gasteiger partial charge is 0.271 e. The Bertz CT molecular complexity index is 216.